The molecule has 0 saturated heterocycles. The van der Waals surface area contributed by atoms with Crippen molar-refractivity contribution in [3.63, 3.8) is 0 Å². The Morgan fingerprint density at radius 3 is 2.47 bits per heavy atom. The van der Waals surface area contributed by atoms with E-state index < -0.39 is 5.97 Å². The number of carboxylic acid groups (broad SMARTS) is 1. The predicted molar refractivity (Wildman–Crippen MR) is 74.8 cm³/mol. The van der Waals surface area contributed by atoms with E-state index >= 15 is 0 Å². The molecule has 4 heteroatoms. The van der Waals surface area contributed by atoms with E-state index in [4.69, 9.17) is 5.11 Å². The summed E-state index contributed by atoms with van der Waals surface area (Å²) >= 11 is 0. The second kappa shape index (κ2) is 6.92. The topological polar surface area (TPSA) is 66.4 Å². The fraction of sp³-hybridized carbons (Fsp3) is 0.867. The van der Waals surface area contributed by atoms with Gasteiger partial charge in [0.25, 0.3) is 0 Å². The van der Waals surface area contributed by atoms with Crippen LogP contribution in [-0.2, 0) is 9.59 Å². The largest absolute Gasteiger partial charge is 0.481 e. The Balaban J connectivity index is 2.25. The summed E-state index contributed by atoms with van der Waals surface area (Å²) in [6.45, 7) is 6.91. The van der Waals surface area contributed by atoms with E-state index in [-0.39, 0.29) is 23.7 Å². The molecule has 0 aromatic carbocycles. The van der Waals surface area contributed by atoms with Crippen LogP contribution in [0.1, 0.15) is 59.3 Å². The van der Waals surface area contributed by atoms with Crippen molar-refractivity contribution in [3.05, 3.63) is 0 Å². The maximum absolute atomic E-state index is 12.0. The number of aliphatic carboxylic acids is 1. The quantitative estimate of drug-likeness (QED) is 0.747. The first-order valence-corrected chi connectivity index (χ1v) is 7.31. The predicted octanol–water partition coefficient (Wildman–Crippen LogP) is 2.82. The number of nitrogens with one attached hydrogen (secondary N) is 1. The van der Waals surface area contributed by atoms with Gasteiger partial charge in [-0.25, -0.2) is 0 Å². The zero-order chi connectivity index (χ0) is 14.5. The van der Waals surface area contributed by atoms with Gasteiger partial charge < -0.3 is 10.4 Å². The summed E-state index contributed by atoms with van der Waals surface area (Å²) in [6.07, 6.45) is 4.99. The van der Waals surface area contributed by atoms with Crippen molar-refractivity contribution in [2.75, 3.05) is 6.54 Å². The van der Waals surface area contributed by atoms with Crippen LogP contribution in [0.4, 0.5) is 0 Å². The van der Waals surface area contributed by atoms with E-state index in [1.54, 1.807) is 0 Å². The molecule has 19 heavy (non-hydrogen) atoms. The van der Waals surface area contributed by atoms with Crippen molar-refractivity contribution in [1.82, 2.24) is 5.32 Å². The average Bonchev–Trinajstić information content (AvgIpc) is 2.73. The highest BCUT2D eigenvalue weighted by atomic mass is 16.4. The summed E-state index contributed by atoms with van der Waals surface area (Å²) < 4.78 is 0. The van der Waals surface area contributed by atoms with Crippen LogP contribution in [0.5, 0.6) is 0 Å². The van der Waals surface area contributed by atoms with Gasteiger partial charge in [-0.05, 0) is 37.0 Å². The molecule has 4 nitrogen and oxygen atoms in total. The van der Waals surface area contributed by atoms with Crippen molar-refractivity contribution in [2.45, 2.75) is 59.3 Å². The lowest BCUT2D eigenvalue weighted by Crippen LogP contribution is -2.34. The molecular formula is C15H27NO3. The Morgan fingerprint density at radius 1 is 1.26 bits per heavy atom. The van der Waals surface area contributed by atoms with Gasteiger partial charge in [-0.1, -0.05) is 27.2 Å². The monoisotopic (exact) mass is 269 g/mol. The molecule has 0 aliphatic heterocycles. The van der Waals surface area contributed by atoms with Crippen molar-refractivity contribution >= 4 is 11.9 Å². The molecule has 0 bridgehead atoms. The van der Waals surface area contributed by atoms with Crippen LogP contribution in [0.3, 0.4) is 0 Å². The Hall–Kier alpha value is -1.06. The molecule has 0 radical (unpaired) electrons. The van der Waals surface area contributed by atoms with Crippen LogP contribution < -0.4 is 5.32 Å². The van der Waals surface area contributed by atoms with Crippen molar-refractivity contribution in [1.29, 1.82) is 0 Å². The molecule has 1 aliphatic carbocycles. The molecule has 2 atom stereocenters. The number of carboxylic acids is 1. The van der Waals surface area contributed by atoms with E-state index in [2.05, 4.69) is 26.1 Å². The first-order valence-electron chi connectivity index (χ1n) is 7.31. The molecule has 0 aromatic rings. The Morgan fingerprint density at radius 2 is 1.95 bits per heavy atom. The summed E-state index contributed by atoms with van der Waals surface area (Å²) in [5.74, 6) is 0.109. The first kappa shape index (κ1) is 16.0. The minimum Gasteiger partial charge on any atom is -0.481 e. The van der Waals surface area contributed by atoms with Crippen molar-refractivity contribution in [2.24, 2.45) is 17.3 Å². The Labute approximate surface area is 116 Å². The zero-order valence-electron chi connectivity index (χ0n) is 12.4. The van der Waals surface area contributed by atoms with Crippen LogP contribution in [0.2, 0.25) is 0 Å². The standard InChI is InChI=1S/C15H27NO3/c1-11-5-4-6-12(11)14(19)16-10-9-15(2,3)8-7-13(17)18/h11-12H,4-10H2,1-3H3,(H,16,19)(H,17,18). The molecule has 1 fully saturated rings. The SMILES string of the molecule is CC1CCCC1C(=O)NCCC(C)(C)CCC(=O)O. The third-order valence-electron chi connectivity index (χ3n) is 4.31. The summed E-state index contributed by atoms with van der Waals surface area (Å²) in [7, 11) is 0. The van der Waals surface area contributed by atoms with Gasteiger partial charge in [0.05, 0.1) is 0 Å². The van der Waals surface area contributed by atoms with Gasteiger partial charge in [0, 0.05) is 18.9 Å². The van der Waals surface area contributed by atoms with Gasteiger partial charge in [-0.2, -0.15) is 0 Å². The highest BCUT2D eigenvalue weighted by Crippen LogP contribution is 2.31. The first-order chi connectivity index (χ1) is 8.82. The van der Waals surface area contributed by atoms with Crippen LogP contribution in [0.25, 0.3) is 0 Å². The molecule has 110 valence electrons. The minimum absolute atomic E-state index is 0.0348. The lowest BCUT2D eigenvalue weighted by molar-refractivity contribution is -0.137. The lowest BCUT2D eigenvalue weighted by Gasteiger charge is -2.24. The van der Waals surface area contributed by atoms with E-state index in [0.717, 1.165) is 25.7 Å². The second-order valence-corrected chi connectivity index (χ2v) is 6.61. The normalized spacial score (nSPS) is 23.3. The molecule has 1 aliphatic rings. The second-order valence-electron chi connectivity index (χ2n) is 6.61. The van der Waals surface area contributed by atoms with E-state index in [9.17, 15) is 9.59 Å². The maximum atomic E-state index is 12.0. The van der Waals surface area contributed by atoms with Gasteiger partial charge in [0.15, 0.2) is 0 Å². The van der Waals surface area contributed by atoms with Gasteiger partial charge in [-0.3, -0.25) is 9.59 Å². The smallest absolute Gasteiger partial charge is 0.303 e. The van der Waals surface area contributed by atoms with Crippen molar-refractivity contribution < 1.29 is 14.7 Å². The molecule has 0 heterocycles. The van der Waals surface area contributed by atoms with Gasteiger partial charge in [0.2, 0.25) is 5.91 Å². The van der Waals surface area contributed by atoms with E-state index in [1.807, 2.05) is 0 Å². The third-order valence-corrected chi connectivity index (χ3v) is 4.31. The Bertz CT molecular complexity index is 325. The molecule has 0 aromatic heterocycles. The van der Waals surface area contributed by atoms with Crippen LogP contribution in [-0.4, -0.2) is 23.5 Å². The number of hydrogen-bond donors (Lipinski definition) is 2. The number of carbonyl (C=O) groups is 2. The summed E-state index contributed by atoms with van der Waals surface area (Å²) in [5, 5.41) is 11.7. The third kappa shape index (κ3) is 5.62. The maximum Gasteiger partial charge on any atom is 0.303 e. The summed E-state index contributed by atoms with van der Waals surface area (Å²) in [6, 6.07) is 0. The summed E-state index contributed by atoms with van der Waals surface area (Å²) in [5.41, 5.74) is -0.0348. The fourth-order valence-electron chi connectivity index (χ4n) is 2.76. The molecule has 2 unspecified atom stereocenters. The van der Waals surface area contributed by atoms with Crippen LogP contribution in [0, 0.1) is 17.3 Å². The molecule has 0 spiro atoms. The molecular weight excluding hydrogens is 242 g/mol. The molecule has 1 saturated carbocycles. The molecule has 1 amide bonds. The highest BCUT2D eigenvalue weighted by Gasteiger charge is 2.29. The van der Waals surface area contributed by atoms with Crippen molar-refractivity contribution in [3.8, 4) is 0 Å². The number of hydrogen-bond acceptors (Lipinski definition) is 2. The lowest BCUT2D eigenvalue weighted by atomic mass is 9.84. The summed E-state index contributed by atoms with van der Waals surface area (Å²) in [4.78, 5) is 22.6. The average molecular weight is 269 g/mol. The highest BCUT2D eigenvalue weighted by molar-refractivity contribution is 5.79. The van der Waals surface area contributed by atoms with E-state index in [1.165, 1.54) is 0 Å². The van der Waals surface area contributed by atoms with Crippen LogP contribution >= 0.6 is 0 Å². The van der Waals surface area contributed by atoms with Gasteiger partial charge in [-0.15, -0.1) is 0 Å². The molecule has 1 rings (SSSR count). The number of carbonyl (C=O) groups excluding carboxylic acids is 1. The fourth-order valence-corrected chi connectivity index (χ4v) is 2.76. The van der Waals surface area contributed by atoms with Gasteiger partial charge >= 0.3 is 5.97 Å². The minimum atomic E-state index is -0.753. The van der Waals surface area contributed by atoms with Crippen LogP contribution in [0.15, 0.2) is 0 Å². The number of rotatable bonds is 7. The van der Waals surface area contributed by atoms with E-state index in [0.29, 0.717) is 18.9 Å². The zero-order valence-corrected chi connectivity index (χ0v) is 12.4. The molecule has 2 N–H and O–H groups in total. The van der Waals surface area contributed by atoms with Gasteiger partial charge in [0.1, 0.15) is 0 Å². The Kier molecular flexibility index (Phi) is 5.83. The number of amides is 1.